The van der Waals surface area contributed by atoms with Gasteiger partial charge in [-0.1, -0.05) is 24.3 Å². The molecule has 0 saturated heterocycles. The van der Waals surface area contributed by atoms with E-state index in [1.54, 1.807) is 0 Å². The second-order valence-electron chi connectivity index (χ2n) is 4.03. The molecule has 20 heavy (non-hydrogen) atoms. The maximum atomic E-state index is 12.6. The van der Waals surface area contributed by atoms with Crippen LogP contribution in [-0.2, 0) is 10.3 Å². The summed E-state index contributed by atoms with van der Waals surface area (Å²) in [5, 5.41) is 11.0. The summed E-state index contributed by atoms with van der Waals surface area (Å²) in [4.78, 5) is 10.2. The first-order valence-corrected chi connectivity index (χ1v) is 5.55. The van der Waals surface area contributed by atoms with E-state index in [-0.39, 0.29) is 5.56 Å². The second-order valence-corrected chi connectivity index (χ2v) is 4.03. The Bertz CT molecular complexity index is 566. The summed E-state index contributed by atoms with van der Waals surface area (Å²) >= 11 is 0. The smallest absolute Gasteiger partial charge is 0.272 e. The molecule has 0 fully saturated rings. The van der Waals surface area contributed by atoms with Crippen LogP contribution in [0.4, 0.5) is 18.9 Å². The van der Waals surface area contributed by atoms with Crippen molar-refractivity contribution in [3.8, 4) is 0 Å². The Morgan fingerprint density at radius 1 is 1.15 bits per heavy atom. The molecular weight excluding hydrogens is 275 g/mol. The Kier molecular flexibility index (Phi) is 3.63. The second kappa shape index (κ2) is 5.09. The van der Waals surface area contributed by atoms with Crippen molar-refractivity contribution in [3.63, 3.8) is 0 Å². The summed E-state index contributed by atoms with van der Waals surface area (Å²) < 4.78 is 42.0. The lowest BCUT2D eigenvalue weighted by Crippen LogP contribution is -2.33. The van der Waals surface area contributed by atoms with Crippen LogP contribution in [0.25, 0.3) is 0 Å². The van der Waals surface area contributed by atoms with Crippen molar-refractivity contribution in [2.24, 2.45) is 0 Å². The van der Waals surface area contributed by atoms with Gasteiger partial charge in [-0.05, 0) is 18.2 Å². The standard InChI is InChI=1S/C13H9F3NO3/c14-13(15,16)20-12(8-4-1-5-9-12)10-6-2-3-7-11(10)17(18)19/h1-9H. The average molecular weight is 284 g/mol. The molecule has 1 aromatic carbocycles. The van der Waals surface area contributed by atoms with Gasteiger partial charge in [-0.2, -0.15) is 0 Å². The Balaban J connectivity index is 2.59. The van der Waals surface area contributed by atoms with E-state index in [4.69, 9.17) is 0 Å². The largest absolute Gasteiger partial charge is 0.523 e. The van der Waals surface area contributed by atoms with E-state index in [1.165, 1.54) is 36.8 Å². The molecule has 0 aliphatic heterocycles. The van der Waals surface area contributed by atoms with Crippen molar-refractivity contribution in [1.29, 1.82) is 0 Å². The number of nitro benzene ring substituents is 1. The van der Waals surface area contributed by atoms with Gasteiger partial charge in [0.05, 0.1) is 10.5 Å². The number of hydrogen-bond donors (Lipinski definition) is 0. The molecule has 0 N–H and O–H groups in total. The maximum absolute atomic E-state index is 12.6. The van der Waals surface area contributed by atoms with Gasteiger partial charge >= 0.3 is 6.36 Å². The molecule has 0 heterocycles. The van der Waals surface area contributed by atoms with E-state index in [1.807, 2.05) is 0 Å². The predicted molar refractivity (Wildman–Crippen MR) is 64.5 cm³/mol. The van der Waals surface area contributed by atoms with Gasteiger partial charge in [0.25, 0.3) is 5.69 Å². The lowest BCUT2D eigenvalue weighted by atomic mass is 9.88. The van der Waals surface area contributed by atoms with Crippen LogP contribution in [0.5, 0.6) is 0 Å². The highest BCUT2D eigenvalue weighted by Gasteiger charge is 2.45. The third kappa shape index (κ3) is 2.88. The SMILES string of the molecule is O=[N+]([O-])c1ccccc1C1(OC(F)(F)F)C=C[CH]C=C1. The summed E-state index contributed by atoms with van der Waals surface area (Å²) in [5.74, 6) is 0. The fraction of sp³-hybridized carbons (Fsp3) is 0.154. The zero-order valence-corrected chi connectivity index (χ0v) is 10.0. The number of hydrogen-bond acceptors (Lipinski definition) is 3. The molecule has 105 valence electrons. The molecule has 1 aliphatic rings. The number of para-hydroxylation sites is 1. The first-order valence-electron chi connectivity index (χ1n) is 5.55. The molecule has 1 radical (unpaired) electrons. The van der Waals surface area contributed by atoms with E-state index in [2.05, 4.69) is 4.74 Å². The highest BCUT2D eigenvalue weighted by Crippen LogP contribution is 2.41. The zero-order valence-electron chi connectivity index (χ0n) is 10.0. The highest BCUT2D eigenvalue weighted by molar-refractivity contribution is 5.50. The van der Waals surface area contributed by atoms with Crippen molar-refractivity contribution in [3.05, 3.63) is 70.7 Å². The Morgan fingerprint density at radius 2 is 1.75 bits per heavy atom. The number of allylic oxidation sites excluding steroid dienone is 2. The molecular formula is C13H9F3NO3. The highest BCUT2D eigenvalue weighted by atomic mass is 19.4. The number of rotatable bonds is 3. The Labute approximate surface area is 112 Å². The minimum absolute atomic E-state index is 0.178. The summed E-state index contributed by atoms with van der Waals surface area (Å²) in [5.41, 5.74) is -2.65. The van der Waals surface area contributed by atoms with Gasteiger partial charge in [-0.3, -0.25) is 14.9 Å². The monoisotopic (exact) mass is 284 g/mol. The fourth-order valence-electron chi connectivity index (χ4n) is 1.97. The molecule has 0 spiro atoms. The fourth-order valence-corrected chi connectivity index (χ4v) is 1.97. The van der Waals surface area contributed by atoms with Crippen molar-refractivity contribution in [2.75, 3.05) is 0 Å². The van der Waals surface area contributed by atoms with Crippen LogP contribution < -0.4 is 0 Å². The maximum Gasteiger partial charge on any atom is 0.523 e. The van der Waals surface area contributed by atoms with Gasteiger partial charge in [-0.15, -0.1) is 13.2 Å². The summed E-state index contributed by atoms with van der Waals surface area (Å²) in [7, 11) is 0. The van der Waals surface area contributed by atoms with Gasteiger partial charge in [0.1, 0.15) is 5.60 Å². The van der Waals surface area contributed by atoms with Gasteiger partial charge in [-0.25, -0.2) is 0 Å². The molecule has 1 aliphatic carbocycles. The Morgan fingerprint density at radius 3 is 2.30 bits per heavy atom. The van der Waals surface area contributed by atoms with Gasteiger partial charge < -0.3 is 0 Å². The molecule has 4 nitrogen and oxygen atoms in total. The predicted octanol–water partition coefficient (Wildman–Crippen LogP) is 3.66. The topological polar surface area (TPSA) is 52.4 Å². The minimum atomic E-state index is -4.93. The molecule has 0 amide bonds. The van der Waals surface area contributed by atoms with Crippen LogP contribution in [0.3, 0.4) is 0 Å². The van der Waals surface area contributed by atoms with E-state index < -0.39 is 22.6 Å². The van der Waals surface area contributed by atoms with Crippen molar-refractivity contribution in [2.45, 2.75) is 12.0 Å². The van der Waals surface area contributed by atoms with Crippen LogP contribution in [-0.4, -0.2) is 11.3 Å². The molecule has 2 rings (SSSR count). The van der Waals surface area contributed by atoms with Crippen LogP contribution in [0.15, 0.2) is 48.6 Å². The number of nitrogens with zero attached hydrogens (tertiary/aromatic N) is 1. The van der Waals surface area contributed by atoms with E-state index in [9.17, 15) is 23.3 Å². The quantitative estimate of drug-likeness (QED) is 0.628. The van der Waals surface area contributed by atoms with Crippen LogP contribution in [0, 0.1) is 16.5 Å². The lowest BCUT2D eigenvalue weighted by Gasteiger charge is -2.30. The van der Waals surface area contributed by atoms with Crippen LogP contribution in [0.2, 0.25) is 0 Å². The van der Waals surface area contributed by atoms with E-state index >= 15 is 0 Å². The Hall–Kier alpha value is -2.15. The summed E-state index contributed by atoms with van der Waals surface area (Å²) in [6.07, 6.45) is 1.53. The number of nitro groups is 1. The third-order valence-corrected chi connectivity index (χ3v) is 2.72. The molecule has 1 aromatic rings. The molecule has 0 saturated carbocycles. The zero-order chi connectivity index (χ0) is 14.8. The van der Waals surface area contributed by atoms with Crippen molar-refractivity contribution >= 4 is 5.69 Å². The van der Waals surface area contributed by atoms with E-state index in [0.29, 0.717) is 0 Å². The molecule has 0 unspecified atom stereocenters. The van der Waals surface area contributed by atoms with Crippen molar-refractivity contribution < 1.29 is 22.8 Å². The van der Waals surface area contributed by atoms with Gasteiger partial charge in [0, 0.05) is 12.5 Å². The molecule has 0 aromatic heterocycles. The number of halogens is 3. The lowest BCUT2D eigenvalue weighted by molar-refractivity contribution is -0.389. The summed E-state index contributed by atoms with van der Waals surface area (Å²) in [6.45, 7) is 0. The van der Waals surface area contributed by atoms with Crippen LogP contribution >= 0.6 is 0 Å². The van der Waals surface area contributed by atoms with Gasteiger partial charge in [0.2, 0.25) is 0 Å². The minimum Gasteiger partial charge on any atom is -0.272 e. The first kappa shape index (κ1) is 14.3. The first-order chi connectivity index (χ1) is 9.34. The van der Waals surface area contributed by atoms with E-state index in [0.717, 1.165) is 18.2 Å². The summed E-state index contributed by atoms with van der Waals surface area (Å²) in [6, 6.07) is 5.18. The third-order valence-electron chi connectivity index (χ3n) is 2.72. The number of benzene rings is 1. The molecule has 7 heteroatoms. The number of ether oxygens (including phenoxy) is 1. The van der Waals surface area contributed by atoms with Gasteiger partial charge in [0.15, 0.2) is 0 Å². The van der Waals surface area contributed by atoms with Crippen LogP contribution in [0.1, 0.15) is 5.56 Å². The molecule has 0 atom stereocenters. The average Bonchev–Trinajstić information content (AvgIpc) is 2.38. The normalized spacial score (nSPS) is 17.1. The molecule has 0 bridgehead atoms. The van der Waals surface area contributed by atoms with Crippen molar-refractivity contribution in [1.82, 2.24) is 0 Å². The number of alkyl halides is 3.